The van der Waals surface area contributed by atoms with E-state index >= 15 is 0 Å². The Kier molecular flexibility index (Phi) is 8.19. The number of rotatable bonds is 0. The van der Waals surface area contributed by atoms with Crippen LogP contribution in [0.15, 0.2) is 59.0 Å². The standard InChI is InChI=1S/C36H34O2Si2/c1-26-27(2)36-34(25-32(38-36)19-17-28-13-9-11-15-30(28)21-23-39(3,4)5)33(35(26)37)20-18-29-14-10-12-16-31(29)22-24-40(6,7)8/h9-16,25,37H,1-8H3. The Morgan fingerprint density at radius 1 is 0.600 bits per heavy atom. The Hall–Kier alpha value is -4.33. The molecule has 0 saturated carbocycles. The minimum Gasteiger partial charge on any atom is -0.506 e. The molecule has 1 heterocycles. The van der Waals surface area contributed by atoms with Crippen LogP contribution in [0, 0.1) is 60.5 Å². The lowest BCUT2D eigenvalue weighted by Crippen LogP contribution is -2.16. The molecule has 0 radical (unpaired) electrons. The lowest BCUT2D eigenvalue weighted by molar-refractivity contribution is 0.469. The molecule has 4 aromatic rings. The van der Waals surface area contributed by atoms with Gasteiger partial charge < -0.3 is 9.52 Å². The molecular weight excluding hydrogens is 521 g/mol. The number of hydrogen-bond acceptors (Lipinski definition) is 2. The predicted molar refractivity (Wildman–Crippen MR) is 173 cm³/mol. The van der Waals surface area contributed by atoms with Crippen molar-refractivity contribution in [2.24, 2.45) is 0 Å². The molecule has 0 unspecified atom stereocenters. The fourth-order valence-corrected chi connectivity index (χ4v) is 4.90. The predicted octanol–water partition coefficient (Wildman–Crippen LogP) is 8.01. The van der Waals surface area contributed by atoms with Gasteiger partial charge in [-0.2, -0.15) is 0 Å². The van der Waals surface area contributed by atoms with E-state index in [1.165, 1.54) is 0 Å². The molecule has 198 valence electrons. The van der Waals surface area contributed by atoms with Crippen molar-refractivity contribution >= 4 is 27.1 Å². The fraction of sp³-hybridized carbons (Fsp3) is 0.222. The monoisotopic (exact) mass is 554 g/mol. The van der Waals surface area contributed by atoms with Crippen LogP contribution in [-0.2, 0) is 0 Å². The van der Waals surface area contributed by atoms with E-state index in [2.05, 4.69) is 85.9 Å². The van der Waals surface area contributed by atoms with Gasteiger partial charge in [0.15, 0.2) is 5.76 Å². The maximum atomic E-state index is 11.1. The summed E-state index contributed by atoms with van der Waals surface area (Å²) in [4.78, 5) is 0. The van der Waals surface area contributed by atoms with Crippen molar-refractivity contribution < 1.29 is 9.52 Å². The second-order valence-corrected chi connectivity index (χ2v) is 21.4. The molecule has 0 aliphatic heterocycles. The van der Waals surface area contributed by atoms with Crippen LogP contribution < -0.4 is 0 Å². The largest absolute Gasteiger partial charge is 0.506 e. The number of fused-ring (bicyclic) bond motifs is 1. The molecule has 4 heteroatoms. The van der Waals surface area contributed by atoms with Crippen LogP contribution in [0.5, 0.6) is 5.75 Å². The van der Waals surface area contributed by atoms with Gasteiger partial charge in [0.1, 0.15) is 27.5 Å². The number of phenols is 1. The van der Waals surface area contributed by atoms with Crippen molar-refractivity contribution in [3.8, 4) is 52.4 Å². The molecule has 0 aliphatic rings. The van der Waals surface area contributed by atoms with Crippen molar-refractivity contribution in [3.05, 3.63) is 99.3 Å². The number of furan rings is 1. The highest BCUT2D eigenvalue weighted by atomic mass is 28.3. The first-order chi connectivity index (χ1) is 18.8. The molecule has 0 fully saturated rings. The Morgan fingerprint density at radius 3 is 1.52 bits per heavy atom. The Bertz CT molecular complexity index is 1860. The van der Waals surface area contributed by atoms with E-state index in [-0.39, 0.29) is 5.75 Å². The molecule has 1 aromatic heterocycles. The van der Waals surface area contributed by atoms with Crippen LogP contribution in [-0.4, -0.2) is 21.3 Å². The summed E-state index contributed by atoms with van der Waals surface area (Å²) in [7, 11) is -3.05. The minimum atomic E-state index is -1.54. The van der Waals surface area contributed by atoms with E-state index in [0.29, 0.717) is 16.9 Å². The van der Waals surface area contributed by atoms with Crippen molar-refractivity contribution in [1.82, 2.24) is 0 Å². The molecule has 2 nitrogen and oxygen atoms in total. The highest BCUT2D eigenvalue weighted by molar-refractivity contribution is 6.84. The van der Waals surface area contributed by atoms with Gasteiger partial charge in [-0.1, -0.05) is 93.1 Å². The van der Waals surface area contributed by atoms with Crippen LogP contribution in [0.2, 0.25) is 39.3 Å². The van der Waals surface area contributed by atoms with Crippen molar-refractivity contribution in [2.45, 2.75) is 53.1 Å². The first kappa shape index (κ1) is 28.7. The topological polar surface area (TPSA) is 33.4 Å². The van der Waals surface area contributed by atoms with E-state index in [9.17, 15) is 5.11 Å². The van der Waals surface area contributed by atoms with Gasteiger partial charge in [-0.3, -0.25) is 0 Å². The highest BCUT2D eigenvalue weighted by Gasteiger charge is 2.17. The maximum Gasteiger partial charge on any atom is 0.178 e. The van der Waals surface area contributed by atoms with Gasteiger partial charge in [0, 0.05) is 33.7 Å². The quantitative estimate of drug-likeness (QED) is 0.176. The molecule has 0 bridgehead atoms. The summed E-state index contributed by atoms with van der Waals surface area (Å²) in [6.45, 7) is 17.2. The van der Waals surface area contributed by atoms with Gasteiger partial charge in [-0.15, -0.1) is 11.1 Å². The second-order valence-electron chi connectivity index (χ2n) is 11.9. The van der Waals surface area contributed by atoms with Gasteiger partial charge in [0.05, 0.1) is 5.56 Å². The Morgan fingerprint density at radius 2 is 1.05 bits per heavy atom. The highest BCUT2D eigenvalue weighted by Crippen LogP contribution is 2.36. The molecule has 0 aliphatic carbocycles. The van der Waals surface area contributed by atoms with E-state index < -0.39 is 16.1 Å². The average Bonchev–Trinajstić information content (AvgIpc) is 3.32. The van der Waals surface area contributed by atoms with E-state index in [1.54, 1.807) is 0 Å². The number of aryl methyl sites for hydroxylation is 1. The summed E-state index contributed by atoms with van der Waals surface area (Å²) in [5.74, 6) is 20.2. The SMILES string of the molecule is Cc1c(O)c(C#Cc2ccccc2C#C[Si](C)(C)C)c2cc(C#Cc3ccccc3C#C[Si](C)(C)C)oc2c1C. The van der Waals surface area contributed by atoms with Gasteiger partial charge in [-0.25, -0.2) is 0 Å². The molecule has 1 N–H and O–H groups in total. The normalized spacial score (nSPS) is 10.8. The number of phenolic OH excluding ortho intramolecular Hbond substituents is 1. The molecule has 0 amide bonds. The minimum absolute atomic E-state index is 0.162. The maximum absolute atomic E-state index is 11.1. The lowest BCUT2D eigenvalue weighted by Gasteiger charge is -2.07. The zero-order valence-electron chi connectivity index (χ0n) is 24.6. The van der Waals surface area contributed by atoms with Crippen LogP contribution >= 0.6 is 0 Å². The lowest BCUT2D eigenvalue weighted by atomic mass is 9.99. The van der Waals surface area contributed by atoms with Crippen LogP contribution in [0.25, 0.3) is 11.0 Å². The van der Waals surface area contributed by atoms with Crippen molar-refractivity contribution in [3.63, 3.8) is 0 Å². The van der Waals surface area contributed by atoms with Crippen molar-refractivity contribution in [2.75, 3.05) is 0 Å². The van der Waals surface area contributed by atoms with Crippen molar-refractivity contribution in [1.29, 1.82) is 0 Å². The number of hydrogen-bond donors (Lipinski definition) is 1. The van der Waals surface area contributed by atoms with Gasteiger partial charge in [-0.05, 0) is 55.2 Å². The fourth-order valence-electron chi connectivity index (χ4n) is 3.88. The zero-order valence-corrected chi connectivity index (χ0v) is 26.6. The first-order valence-electron chi connectivity index (χ1n) is 13.4. The third-order valence-corrected chi connectivity index (χ3v) is 7.89. The van der Waals surface area contributed by atoms with Gasteiger partial charge in [0.25, 0.3) is 0 Å². The van der Waals surface area contributed by atoms with Crippen LogP contribution in [0.4, 0.5) is 0 Å². The Labute approximate surface area is 240 Å². The number of aromatic hydroxyl groups is 1. The molecule has 0 atom stereocenters. The summed E-state index contributed by atoms with van der Waals surface area (Å²) < 4.78 is 6.20. The molecule has 4 rings (SSSR count). The first-order valence-corrected chi connectivity index (χ1v) is 20.4. The van der Waals surface area contributed by atoms with Crippen LogP contribution in [0.1, 0.15) is 44.7 Å². The summed E-state index contributed by atoms with van der Waals surface area (Å²) in [6, 6.07) is 17.7. The Balaban J connectivity index is 1.81. The molecule has 3 aromatic carbocycles. The zero-order chi connectivity index (χ0) is 29.1. The molecule has 0 saturated heterocycles. The summed E-state index contributed by atoms with van der Waals surface area (Å²) >= 11 is 0. The van der Waals surface area contributed by atoms with Gasteiger partial charge in [0.2, 0.25) is 0 Å². The molecular formula is C36H34O2Si2. The summed E-state index contributed by atoms with van der Waals surface area (Å²) in [6.07, 6.45) is 0. The second kappa shape index (κ2) is 11.4. The van der Waals surface area contributed by atoms with Crippen LogP contribution in [0.3, 0.4) is 0 Å². The van der Waals surface area contributed by atoms with E-state index in [0.717, 1.165) is 38.8 Å². The third kappa shape index (κ3) is 7.00. The molecule has 0 spiro atoms. The smallest absolute Gasteiger partial charge is 0.178 e. The summed E-state index contributed by atoms with van der Waals surface area (Å²) in [5, 5.41) is 11.8. The van der Waals surface area contributed by atoms with E-state index in [4.69, 9.17) is 4.42 Å². The molecule has 40 heavy (non-hydrogen) atoms. The summed E-state index contributed by atoms with van der Waals surface area (Å²) in [5.41, 5.74) is 13.2. The van der Waals surface area contributed by atoms with E-state index in [1.807, 2.05) is 68.4 Å². The third-order valence-electron chi connectivity index (χ3n) is 6.14. The van der Waals surface area contributed by atoms with Gasteiger partial charge >= 0.3 is 0 Å². The number of benzene rings is 3. The average molecular weight is 555 g/mol.